The number of nitrogens with zero attached hydrogens (tertiary/aromatic N) is 2. The summed E-state index contributed by atoms with van der Waals surface area (Å²) in [6.45, 7) is 2.34. The first kappa shape index (κ1) is 11.7. The zero-order valence-corrected chi connectivity index (χ0v) is 10.5. The van der Waals surface area contributed by atoms with E-state index < -0.39 is 0 Å². The summed E-state index contributed by atoms with van der Waals surface area (Å²) in [5, 5.41) is 0. The molecule has 2 aromatic heterocycles. The van der Waals surface area contributed by atoms with Crippen LogP contribution in [-0.4, -0.2) is 22.6 Å². The average molecular weight is 245 g/mol. The van der Waals surface area contributed by atoms with Crippen molar-refractivity contribution in [2.24, 2.45) is 11.7 Å². The lowest BCUT2D eigenvalue weighted by Gasteiger charge is -2.21. The van der Waals surface area contributed by atoms with E-state index in [9.17, 15) is 0 Å². The van der Waals surface area contributed by atoms with E-state index in [1.165, 1.54) is 12.8 Å². The smallest absolute Gasteiger partial charge is 0.113 e. The van der Waals surface area contributed by atoms with Crippen molar-refractivity contribution < 1.29 is 4.74 Å². The normalized spacial score (nSPS) is 20.4. The number of aromatic nitrogens is 2. The van der Waals surface area contributed by atoms with Crippen LogP contribution in [0.3, 0.4) is 0 Å². The molecule has 0 bridgehead atoms. The third-order valence-electron chi connectivity index (χ3n) is 3.68. The number of rotatable bonds is 3. The Kier molecular flexibility index (Phi) is 3.30. The van der Waals surface area contributed by atoms with Crippen molar-refractivity contribution >= 4 is 5.52 Å². The lowest BCUT2D eigenvalue weighted by molar-refractivity contribution is 0.0542. The molecule has 2 aromatic rings. The van der Waals surface area contributed by atoms with Crippen LogP contribution in [0.15, 0.2) is 24.5 Å². The van der Waals surface area contributed by atoms with Crippen LogP contribution in [0.5, 0.6) is 0 Å². The highest BCUT2D eigenvalue weighted by Crippen LogP contribution is 2.20. The second kappa shape index (κ2) is 5.08. The van der Waals surface area contributed by atoms with Gasteiger partial charge < -0.3 is 14.9 Å². The molecule has 2 N–H and O–H groups in total. The van der Waals surface area contributed by atoms with Gasteiger partial charge in [-0.1, -0.05) is 6.07 Å². The largest absolute Gasteiger partial charge is 0.381 e. The molecular weight excluding hydrogens is 226 g/mol. The maximum Gasteiger partial charge on any atom is 0.113 e. The standard InChI is InChI=1S/C14H19N3O/c15-8-12-4-1-5-17-13(12)9-16-14(17)7-11-3-2-6-18-10-11/h1,4-5,9,11H,2-3,6-8,10,15H2. The highest BCUT2D eigenvalue weighted by molar-refractivity contribution is 5.54. The van der Waals surface area contributed by atoms with Gasteiger partial charge in [0.1, 0.15) is 5.82 Å². The second-order valence-electron chi connectivity index (χ2n) is 4.95. The number of hydrogen-bond donors (Lipinski definition) is 1. The van der Waals surface area contributed by atoms with E-state index in [0.717, 1.165) is 36.5 Å². The molecule has 3 heterocycles. The molecule has 0 aliphatic carbocycles. The van der Waals surface area contributed by atoms with Crippen LogP contribution in [0.2, 0.25) is 0 Å². The topological polar surface area (TPSA) is 52.5 Å². The molecule has 1 fully saturated rings. The summed E-state index contributed by atoms with van der Waals surface area (Å²) < 4.78 is 7.69. The summed E-state index contributed by atoms with van der Waals surface area (Å²) in [5.74, 6) is 1.72. The van der Waals surface area contributed by atoms with Crippen LogP contribution in [0, 0.1) is 5.92 Å². The van der Waals surface area contributed by atoms with Gasteiger partial charge >= 0.3 is 0 Å². The van der Waals surface area contributed by atoms with Crippen LogP contribution in [-0.2, 0) is 17.7 Å². The summed E-state index contributed by atoms with van der Waals surface area (Å²) in [5.41, 5.74) is 8.03. The van der Waals surface area contributed by atoms with Crippen LogP contribution >= 0.6 is 0 Å². The summed E-state index contributed by atoms with van der Waals surface area (Å²) in [6.07, 6.45) is 7.40. The maximum atomic E-state index is 5.75. The zero-order valence-electron chi connectivity index (χ0n) is 10.5. The molecule has 1 atom stereocenters. The first-order valence-electron chi connectivity index (χ1n) is 6.60. The van der Waals surface area contributed by atoms with E-state index in [1.54, 1.807) is 0 Å². The molecule has 0 spiro atoms. The van der Waals surface area contributed by atoms with Crippen molar-refractivity contribution in [2.75, 3.05) is 13.2 Å². The van der Waals surface area contributed by atoms with Gasteiger partial charge in [-0.05, 0) is 30.4 Å². The highest BCUT2D eigenvalue weighted by Gasteiger charge is 2.17. The summed E-state index contributed by atoms with van der Waals surface area (Å²) in [6, 6.07) is 4.10. The average Bonchev–Trinajstić information content (AvgIpc) is 2.83. The third-order valence-corrected chi connectivity index (χ3v) is 3.68. The molecule has 3 rings (SSSR count). The van der Waals surface area contributed by atoms with E-state index in [2.05, 4.69) is 21.6 Å². The third kappa shape index (κ3) is 2.13. The molecule has 1 aliphatic heterocycles. The molecule has 4 heteroatoms. The quantitative estimate of drug-likeness (QED) is 0.896. The number of pyridine rings is 1. The molecule has 18 heavy (non-hydrogen) atoms. The Balaban J connectivity index is 1.88. The van der Waals surface area contributed by atoms with Gasteiger partial charge in [0.2, 0.25) is 0 Å². The maximum absolute atomic E-state index is 5.75. The Morgan fingerprint density at radius 3 is 3.22 bits per heavy atom. The van der Waals surface area contributed by atoms with Crippen molar-refractivity contribution in [3.05, 3.63) is 35.9 Å². The Bertz CT molecular complexity index is 529. The van der Waals surface area contributed by atoms with E-state index in [-0.39, 0.29) is 0 Å². The Hall–Kier alpha value is -1.39. The van der Waals surface area contributed by atoms with Crippen molar-refractivity contribution in [1.29, 1.82) is 0 Å². The fourth-order valence-corrected chi connectivity index (χ4v) is 2.68. The SMILES string of the molecule is NCc1cccn2c(CC3CCCOC3)ncc12. The van der Waals surface area contributed by atoms with Crippen LogP contribution < -0.4 is 5.73 Å². The van der Waals surface area contributed by atoms with E-state index >= 15 is 0 Å². The Morgan fingerprint density at radius 2 is 2.44 bits per heavy atom. The van der Waals surface area contributed by atoms with Gasteiger partial charge in [0.05, 0.1) is 11.7 Å². The summed E-state index contributed by atoms with van der Waals surface area (Å²) >= 11 is 0. The molecule has 0 saturated carbocycles. The van der Waals surface area contributed by atoms with E-state index in [1.807, 2.05) is 12.3 Å². The van der Waals surface area contributed by atoms with Gasteiger partial charge in [0, 0.05) is 32.4 Å². The van der Waals surface area contributed by atoms with Gasteiger partial charge in [0.25, 0.3) is 0 Å². The number of ether oxygens (including phenoxy) is 1. The molecule has 0 radical (unpaired) electrons. The fourth-order valence-electron chi connectivity index (χ4n) is 2.68. The molecule has 1 unspecified atom stereocenters. The van der Waals surface area contributed by atoms with Crippen molar-refractivity contribution in [2.45, 2.75) is 25.8 Å². The summed E-state index contributed by atoms with van der Waals surface area (Å²) in [4.78, 5) is 4.55. The number of hydrogen-bond acceptors (Lipinski definition) is 3. The van der Waals surface area contributed by atoms with Crippen LogP contribution in [0.4, 0.5) is 0 Å². The van der Waals surface area contributed by atoms with E-state index in [4.69, 9.17) is 10.5 Å². The Morgan fingerprint density at radius 1 is 1.50 bits per heavy atom. The predicted molar refractivity (Wildman–Crippen MR) is 70.3 cm³/mol. The van der Waals surface area contributed by atoms with Crippen molar-refractivity contribution in [3.8, 4) is 0 Å². The highest BCUT2D eigenvalue weighted by atomic mass is 16.5. The Labute approximate surface area is 107 Å². The molecule has 0 aromatic carbocycles. The van der Waals surface area contributed by atoms with Crippen LogP contribution in [0.1, 0.15) is 24.2 Å². The minimum atomic E-state index is 0.558. The second-order valence-corrected chi connectivity index (χ2v) is 4.95. The number of fused-ring (bicyclic) bond motifs is 1. The molecule has 1 aliphatic rings. The number of nitrogens with two attached hydrogens (primary N) is 1. The number of imidazole rings is 1. The first-order valence-corrected chi connectivity index (χ1v) is 6.60. The molecule has 0 amide bonds. The lowest BCUT2D eigenvalue weighted by Crippen LogP contribution is -2.20. The molecule has 1 saturated heterocycles. The van der Waals surface area contributed by atoms with Crippen LogP contribution in [0.25, 0.3) is 5.52 Å². The molecular formula is C14H19N3O. The van der Waals surface area contributed by atoms with Crippen molar-refractivity contribution in [3.63, 3.8) is 0 Å². The fraction of sp³-hybridized carbons (Fsp3) is 0.500. The zero-order chi connectivity index (χ0) is 12.4. The van der Waals surface area contributed by atoms with Gasteiger partial charge in [-0.25, -0.2) is 4.98 Å². The monoisotopic (exact) mass is 245 g/mol. The van der Waals surface area contributed by atoms with Gasteiger partial charge in [-0.3, -0.25) is 0 Å². The van der Waals surface area contributed by atoms with Gasteiger partial charge in [-0.15, -0.1) is 0 Å². The molecule has 96 valence electrons. The van der Waals surface area contributed by atoms with Gasteiger partial charge in [0.15, 0.2) is 0 Å². The lowest BCUT2D eigenvalue weighted by atomic mass is 9.98. The molecule has 4 nitrogen and oxygen atoms in total. The van der Waals surface area contributed by atoms with Crippen molar-refractivity contribution in [1.82, 2.24) is 9.38 Å². The summed E-state index contributed by atoms with van der Waals surface area (Å²) in [7, 11) is 0. The first-order chi connectivity index (χ1) is 8.88. The van der Waals surface area contributed by atoms with E-state index in [0.29, 0.717) is 12.5 Å². The minimum Gasteiger partial charge on any atom is -0.381 e. The predicted octanol–water partition coefficient (Wildman–Crippen LogP) is 1.76. The minimum absolute atomic E-state index is 0.558. The van der Waals surface area contributed by atoms with Gasteiger partial charge in [-0.2, -0.15) is 0 Å².